The summed E-state index contributed by atoms with van der Waals surface area (Å²) in [5.41, 5.74) is 2.02. The Morgan fingerprint density at radius 1 is 1.12 bits per heavy atom. The number of piperidine rings is 1. The maximum absolute atomic E-state index is 12.5. The van der Waals surface area contributed by atoms with Crippen LogP contribution in [0.1, 0.15) is 61.4 Å². The van der Waals surface area contributed by atoms with Crippen molar-refractivity contribution in [3.05, 3.63) is 35.4 Å². The quantitative estimate of drug-likeness (QED) is 0.862. The largest absolute Gasteiger partial charge is 0.396 e. The van der Waals surface area contributed by atoms with E-state index < -0.39 is 0 Å². The number of benzene rings is 1. The lowest BCUT2D eigenvalue weighted by Gasteiger charge is -2.31. The van der Waals surface area contributed by atoms with E-state index in [9.17, 15) is 9.90 Å². The number of nitrogens with one attached hydrogen (secondary N) is 1. The molecular weight excluding hydrogens is 312 g/mol. The van der Waals surface area contributed by atoms with Crippen LogP contribution in [0.2, 0.25) is 0 Å². The predicted octanol–water partition coefficient (Wildman–Crippen LogP) is 3.20. The molecule has 1 saturated carbocycles. The lowest BCUT2D eigenvalue weighted by molar-refractivity contribution is 0.0910. The highest BCUT2D eigenvalue weighted by Gasteiger charge is 2.23. The van der Waals surface area contributed by atoms with Crippen LogP contribution in [0.4, 0.5) is 0 Å². The maximum Gasteiger partial charge on any atom is 0.251 e. The molecule has 0 spiro atoms. The van der Waals surface area contributed by atoms with Crippen molar-refractivity contribution >= 4 is 5.91 Å². The number of aliphatic hydroxyl groups is 1. The average molecular weight is 344 g/mol. The normalized spacial score (nSPS) is 25.7. The van der Waals surface area contributed by atoms with Crippen molar-refractivity contribution in [3.8, 4) is 0 Å². The molecule has 25 heavy (non-hydrogen) atoms. The fourth-order valence-electron chi connectivity index (χ4n) is 4.13. The zero-order valence-corrected chi connectivity index (χ0v) is 15.4. The van der Waals surface area contributed by atoms with Gasteiger partial charge in [-0.2, -0.15) is 0 Å². The van der Waals surface area contributed by atoms with E-state index in [-0.39, 0.29) is 5.91 Å². The first kappa shape index (κ1) is 18.4. The summed E-state index contributed by atoms with van der Waals surface area (Å²) in [6.07, 6.45) is 7.00. The number of likely N-dealkylation sites (tertiary alicyclic amines) is 1. The Bertz CT molecular complexity index is 550. The van der Waals surface area contributed by atoms with Crippen LogP contribution in [0.25, 0.3) is 0 Å². The Morgan fingerprint density at radius 2 is 1.80 bits per heavy atom. The van der Waals surface area contributed by atoms with Gasteiger partial charge in [0, 0.05) is 24.8 Å². The van der Waals surface area contributed by atoms with Gasteiger partial charge in [0.15, 0.2) is 0 Å². The number of carbonyl (C=O) groups excluding carboxylic acids is 1. The first-order chi connectivity index (χ1) is 12.2. The summed E-state index contributed by atoms with van der Waals surface area (Å²) < 4.78 is 0. The second-order valence-electron chi connectivity index (χ2n) is 7.94. The fraction of sp³-hybridized carbons (Fsp3) is 0.667. The number of amides is 1. The zero-order valence-electron chi connectivity index (χ0n) is 15.4. The van der Waals surface area contributed by atoms with Gasteiger partial charge in [0.05, 0.1) is 0 Å². The van der Waals surface area contributed by atoms with Crippen LogP contribution in [0.3, 0.4) is 0 Å². The summed E-state index contributed by atoms with van der Waals surface area (Å²) in [5, 5.41) is 12.5. The standard InChI is InChI=1S/C21H32N2O2/c1-16-4-2-3-5-20(16)22-21(25)19-8-6-17(7-9-19)14-23-12-10-18(15-24)11-13-23/h6-9,16,18,20,24H,2-5,10-15H2,1H3,(H,22,25). The lowest BCUT2D eigenvalue weighted by atomic mass is 9.86. The van der Waals surface area contributed by atoms with E-state index in [0.717, 1.165) is 44.5 Å². The van der Waals surface area contributed by atoms with Crippen LogP contribution in [-0.4, -0.2) is 41.7 Å². The van der Waals surface area contributed by atoms with Gasteiger partial charge in [-0.15, -0.1) is 0 Å². The van der Waals surface area contributed by atoms with Crippen molar-refractivity contribution in [1.29, 1.82) is 0 Å². The summed E-state index contributed by atoms with van der Waals surface area (Å²) in [6, 6.07) is 8.40. The molecule has 2 aliphatic rings. The summed E-state index contributed by atoms with van der Waals surface area (Å²) >= 11 is 0. The molecule has 1 amide bonds. The van der Waals surface area contributed by atoms with Crippen LogP contribution in [0.15, 0.2) is 24.3 Å². The van der Waals surface area contributed by atoms with Crippen molar-refractivity contribution in [2.45, 2.75) is 58.0 Å². The van der Waals surface area contributed by atoms with Gasteiger partial charge in [-0.3, -0.25) is 9.69 Å². The van der Waals surface area contributed by atoms with Crippen molar-refractivity contribution in [3.63, 3.8) is 0 Å². The Labute approximate surface area is 151 Å². The van der Waals surface area contributed by atoms with Gasteiger partial charge in [-0.25, -0.2) is 0 Å². The van der Waals surface area contributed by atoms with Crippen LogP contribution in [-0.2, 0) is 6.54 Å². The third-order valence-corrected chi connectivity index (χ3v) is 6.02. The highest BCUT2D eigenvalue weighted by molar-refractivity contribution is 5.94. The second-order valence-corrected chi connectivity index (χ2v) is 7.94. The Hall–Kier alpha value is -1.39. The average Bonchev–Trinajstić information content (AvgIpc) is 2.65. The first-order valence-corrected chi connectivity index (χ1v) is 9.88. The maximum atomic E-state index is 12.5. The number of hydrogen-bond acceptors (Lipinski definition) is 3. The summed E-state index contributed by atoms with van der Waals surface area (Å²) in [5.74, 6) is 1.12. The molecule has 1 aromatic rings. The molecule has 3 rings (SSSR count). The van der Waals surface area contributed by atoms with Crippen LogP contribution < -0.4 is 5.32 Å². The molecular formula is C21H32N2O2. The molecule has 0 aromatic heterocycles. The molecule has 0 bridgehead atoms. The molecule has 1 aliphatic heterocycles. The smallest absolute Gasteiger partial charge is 0.251 e. The van der Waals surface area contributed by atoms with Gasteiger partial charge in [-0.1, -0.05) is 31.9 Å². The summed E-state index contributed by atoms with van der Waals surface area (Å²) in [6.45, 7) is 5.59. The third-order valence-electron chi connectivity index (χ3n) is 6.02. The highest BCUT2D eigenvalue weighted by atomic mass is 16.3. The van der Waals surface area contributed by atoms with E-state index in [0.29, 0.717) is 24.5 Å². The minimum atomic E-state index is 0.0639. The van der Waals surface area contributed by atoms with Gasteiger partial charge >= 0.3 is 0 Å². The van der Waals surface area contributed by atoms with Crippen molar-refractivity contribution in [2.24, 2.45) is 11.8 Å². The predicted molar refractivity (Wildman–Crippen MR) is 100 cm³/mol. The van der Waals surface area contributed by atoms with Crippen molar-refractivity contribution in [1.82, 2.24) is 10.2 Å². The summed E-state index contributed by atoms with van der Waals surface area (Å²) in [4.78, 5) is 14.9. The van der Waals surface area contributed by atoms with Crippen molar-refractivity contribution in [2.75, 3.05) is 19.7 Å². The molecule has 2 unspecified atom stereocenters. The molecule has 1 aromatic carbocycles. The van der Waals surface area contributed by atoms with Gasteiger partial charge in [0.25, 0.3) is 5.91 Å². The van der Waals surface area contributed by atoms with Crippen LogP contribution in [0, 0.1) is 11.8 Å². The molecule has 1 saturated heterocycles. The van der Waals surface area contributed by atoms with Gasteiger partial charge in [0.1, 0.15) is 0 Å². The van der Waals surface area contributed by atoms with Crippen LogP contribution >= 0.6 is 0 Å². The summed E-state index contributed by atoms with van der Waals surface area (Å²) in [7, 11) is 0. The first-order valence-electron chi connectivity index (χ1n) is 9.88. The molecule has 138 valence electrons. The van der Waals surface area contributed by atoms with Crippen LogP contribution in [0.5, 0.6) is 0 Å². The van der Waals surface area contributed by atoms with E-state index in [1.54, 1.807) is 0 Å². The molecule has 2 N–H and O–H groups in total. The Balaban J connectivity index is 1.50. The highest BCUT2D eigenvalue weighted by Crippen LogP contribution is 2.24. The van der Waals surface area contributed by atoms with Gasteiger partial charge in [0.2, 0.25) is 0 Å². The topological polar surface area (TPSA) is 52.6 Å². The molecule has 1 aliphatic carbocycles. The third kappa shape index (κ3) is 5.05. The molecule has 4 heteroatoms. The number of hydrogen-bond donors (Lipinski definition) is 2. The molecule has 4 nitrogen and oxygen atoms in total. The number of aliphatic hydroxyl groups excluding tert-OH is 1. The van der Waals surface area contributed by atoms with Gasteiger partial charge in [-0.05, 0) is 68.3 Å². The Kier molecular flexibility index (Phi) is 6.49. The van der Waals surface area contributed by atoms with Crippen molar-refractivity contribution < 1.29 is 9.90 Å². The zero-order chi connectivity index (χ0) is 17.6. The van der Waals surface area contributed by atoms with E-state index in [2.05, 4.69) is 29.3 Å². The molecule has 0 radical (unpaired) electrons. The monoisotopic (exact) mass is 344 g/mol. The number of carbonyl (C=O) groups is 1. The Morgan fingerprint density at radius 3 is 2.44 bits per heavy atom. The lowest BCUT2D eigenvalue weighted by Crippen LogP contribution is -2.41. The minimum Gasteiger partial charge on any atom is -0.396 e. The van der Waals surface area contributed by atoms with E-state index in [1.165, 1.54) is 24.8 Å². The van der Waals surface area contributed by atoms with E-state index in [1.807, 2.05) is 12.1 Å². The van der Waals surface area contributed by atoms with E-state index in [4.69, 9.17) is 0 Å². The van der Waals surface area contributed by atoms with E-state index >= 15 is 0 Å². The number of nitrogens with zero attached hydrogens (tertiary/aromatic N) is 1. The fourth-order valence-corrected chi connectivity index (χ4v) is 4.13. The number of rotatable bonds is 5. The molecule has 2 fully saturated rings. The SMILES string of the molecule is CC1CCCCC1NC(=O)c1ccc(CN2CCC(CO)CC2)cc1. The van der Waals surface area contributed by atoms with Gasteiger partial charge < -0.3 is 10.4 Å². The molecule has 2 atom stereocenters. The second kappa shape index (κ2) is 8.81. The minimum absolute atomic E-state index is 0.0639. The molecule has 1 heterocycles.